The van der Waals surface area contributed by atoms with Gasteiger partial charge in [-0.05, 0) is 44.2 Å². The number of nitrogen functional groups attached to an aromatic ring is 1. The summed E-state index contributed by atoms with van der Waals surface area (Å²) < 4.78 is 5.52. The first-order chi connectivity index (χ1) is 19.0. The lowest BCUT2D eigenvalue weighted by atomic mass is 10.1. The number of nitrogens with two attached hydrogens (primary N) is 1. The minimum atomic E-state index is -0.213. The van der Waals surface area contributed by atoms with Crippen LogP contribution >= 0.6 is 0 Å². The van der Waals surface area contributed by atoms with Crippen molar-refractivity contribution in [2.75, 3.05) is 91.8 Å². The van der Waals surface area contributed by atoms with Crippen LogP contribution in [0.4, 0.5) is 33.9 Å². The first kappa shape index (κ1) is 25.3. The Balaban J connectivity index is 1.27. The lowest BCUT2D eigenvalue weighted by molar-refractivity contribution is 0.122. The Morgan fingerprint density at radius 3 is 2.44 bits per heavy atom. The molecule has 2 fully saturated rings. The van der Waals surface area contributed by atoms with Gasteiger partial charge in [0.05, 0.1) is 18.9 Å². The second-order valence-electron chi connectivity index (χ2n) is 10.2. The van der Waals surface area contributed by atoms with Gasteiger partial charge in [-0.2, -0.15) is 4.98 Å². The molecule has 6 rings (SSSR count). The van der Waals surface area contributed by atoms with E-state index < -0.39 is 0 Å². The maximum atomic E-state index is 13.6. The zero-order valence-corrected chi connectivity index (χ0v) is 22.4. The number of nitrogens with one attached hydrogen (secondary N) is 1. The normalized spacial score (nSPS) is 17.8. The highest BCUT2D eigenvalue weighted by molar-refractivity contribution is 6.03. The van der Waals surface area contributed by atoms with Crippen LogP contribution in [0.2, 0.25) is 0 Å². The van der Waals surface area contributed by atoms with E-state index in [0.29, 0.717) is 51.0 Å². The van der Waals surface area contributed by atoms with Gasteiger partial charge >= 0.3 is 6.03 Å². The maximum absolute atomic E-state index is 13.6. The fourth-order valence-corrected chi connectivity index (χ4v) is 5.28. The van der Waals surface area contributed by atoms with E-state index in [4.69, 9.17) is 20.4 Å². The van der Waals surface area contributed by atoms with Crippen LogP contribution in [0.25, 0.3) is 11.3 Å². The topological polar surface area (TPSA) is 129 Å². The van der Waals surface area contributed by atoms with Crippen LogP contribution in [0.1, 0.15) is 11.1 Å². The number of aromatic nitrogens is 4. The molecule has 3 aliphatic rings. The Morgan fingerprint density at radius 1 is 0.974 bits per heavy atom. The molecule has 12 heteroatoms. The average Bonchev–Trinajstić information content (AvgIpc) is 3.39. The number of fused-ring (bicyclic) bond motifs is 1. The molecule has 0 bridgehead atoms. The van der Waals surface area contributed by atoms with Gasteiger partial charge in [0, 0.05) is 80.7 Å². The van der Waals surface area contributed by atoms with Gasteiger partial charge in [-0.1, -0.05) is 0 Å². The highest BCUT2D eigenvalue weighted by Gasteiger charge is 2.32. The van der Waals surface area contributed by atoms with Gasteiger partial charge in [0.1, 0.15) is 5.82 Å². The number of aryl methyl sites for hydroxylation is 1. The zero-order valence-electron chi connectivity index (χ0n) is 22.4. The number of anilines is 5. The Kier molecular flexibility index (Phi) is 6.88. The Labute approximate surface area is 227 Å². The summed E-state index contributed by atoms with van der Waals surface area (Å²) in [7, 11) is 2.15. The van der Waals surface area contributed by atoms with E-state index in [0.717, 1.165) is 54.3 Å². The number of morpholine rings is 1. The number of urea groups is 1. The van der Waals surface area contributed by atoms with Crippen molar-refractivity contribution >= 4 is 35.1 Å². The number of hydrogen-bond acceptors (Lipinski definition) is 10. The molecular weight excluding hydrogens is 496 g/mol. The van der Waals surface area contributed by atoms with Crippen molar-refractivity contribution in [3.05, 3.63) is 41.7 Å². The molecule has 0 aliphatic carbocycles. The molecule has 3 aliphatic heterocycles. The molecule has 204 valence electrons. The van der Waals surface area contributed by atoms with E-state index in [1.165, 1.54) is 5.69 Å². The molecule has 5 heterocycles. The van der Waals surface area contributed by atoms with Gasteiger partial charge in [-0.3, -0.25) is 4.90 Å². The van der Waals surface area contributed by atoms with E-state index in [1.54, 1.807) is 17.3 Å². The van der Waals surface area contributed by atoms with Gasteiger partial charge in [-0.25, -0.2) is 19.7 Å². The van der Waals surface area contributed by atoms with Crippen LogP contribution in [0.5, 0.6) is 0 Å². The van der Waals surface area contributed by atoms with Crippen molar-refractivity contribution in [3.8, 4) is 11.3 Å². The smallest absolute Gasteiger partial charge is 0.327 e. The van der Waals surface area contributed by atoms with Gasteiger partial charge < -0.3 is 30.5 Å². The third kappa shape index (κ3) is 5.17. The van der Waals surface area contributed by atoms with Gasteiger partial charge in [-0.15, -0.1) is 0 Å². The number of piperazine rings is 1. The van der Waals surface area contributed by atoms with Crippen LogP contribution in [0, 0.1) is 6.92 Å². The number of ether oxygens (including phenoxy) is 1. The van der Waals surface area contributed by atoms with Crippen LogP contribution in [0.3, 0.4) is 0 Å². The molecule has 3 N–H and O–H groups in total. The number of likely N-dealkylation sites (N-methyl/N-ethyl adjacent to an activating group) is 1. The number of carbonyl (C=O) groups excluding carboxylic acids is 1. The van der Waals surface area contributed by atoms with E-state index in [2.05, 4.69) is 49.2 Å². The van der Waals surface area contributed by atoms with Crippen LogP contribution in [0.15, 0.2) is 30.6 Å². The second kappa shape index (κ2) is 10.6. The molecule has 0 unspecified atom stereocenters. The monoisotopic (exact) mass is 530 g/mol. The highest BCUT2D eigenvalue weighted by Crippen LogP contribution is 2.36. The summed E-state index contributed by atoms with van der Waals surface area (Å²) >= 11 is 0. The van der Waals surface area contributed by atoms with Crippen molar-refractivity contribution in [1.82, 2.24) is 24.8 Å². The molecule has 3 aromatic rings. The van der Waals surface area contributed by atoms with Crippen LogP contribution < -0.4 is 25.8 Å². The number of carbonyl (C=O) groups is 1. The molecule has 0 spiro atoms. The standard InChI is InChI=1S/C27H34N10O2/c1-18-15-20(35-9-7-34(2)8-10-35)3-4-22(18)31-27(38)37-6-5-21-23(19-16-29-25(28)30-17-19)32-26(33-24(21)37)36-11-13-39-14-12-36/h3-4,15-17H,5-14H2,1-2H3,(H,31,38)(H2,28,29,30). The Hall–Kier alpha value is -4.03. The quantitative estimate of drug-likeness (QED) is 0.517. The average molecular weight is 531 g/mol. The van der Waals surface area contributed by atoms with Crippen LogP contribution in [-0.4, -0.2) is 96.9 Å². The molecule has 0 saturated carbocycles. The summed E-state index contributed by atoms with van der Waals surface area (Å²) in [5.41, 5.74) is 11.1. The lowest BCUT2D eigenvalue weighted by Crippen LogP contribution is -2.44. The predicted octanol–water partition coefficient (Wildman–Crippen LogP) is 2.01. The van der Waals surface area contributed by atoms with E-state index in [9.17, 15) is 4.79 Å². The first-order valence-electron chi connectivity index (χ1n) is 13.4. The SMILES string of the molecule is Cc1cc(N2CCN(C)CC2)ccc1NC(=O)N1CCc2c(-c3cnc(N)nc3)nc(N3CCOCC3)nc21. The maximum Gasteiger partial charge on any atom is 0.327 e. The highest BCUT2D eigenvalue weighted by atomic mass is 16.5. The molecule has 0 atom stereocenters. The Morgan fingerprint density at radius 2 is 1.72 bits per heavy atom. The lowest BCUT2D eigenvalue weighted by Gasteiger charge is -2.34. The van der Waals surface area contributed by atoms with E-state index >= 15 is 0 Å². The summed E-state index contributed by atoms with van der Waals surface area (Å²) in [4.78, 5) is 40.2. The van der Waals surface area contributed by atoms with Crippen molar-refractivity contribution in [2.24, 2.45) is 0 Å². The minimum Gasteiger partial charge on any atom is -0.378 e. The van der Waals surface area contributed by atoms with Crippen LogP contribution in [-0.2, 0) is 11.2 Å². The first-order valence-corrected chi connectivity index (χ1v) is 13.4. The molecule has 2 aromatic heterocycles. The summed E-state index contributed by atoms with van der Waals surface area (Å²) in [6.07, 6.45) is 3.97. The van der Waals surface area contributed by atoms with E-state index in [-0.39, 0.29) is 12.0 Å². The number of amides is 2. The molecule has 39 heavy (non-hydrogen) atoms. The van der Waals surface area contributed by atoms with E-state index in [1.807, 2.05) is 13.0 Å². The van der Waals surface area contributed by atoms with Crippen molar-refractivity contribution < 1.29 is 9.53 Å². The molecule has 0 radical (unpaired) electrons. The summed E-state index contributed by atoms with van der Waals surface area (Å²) in [6.45, 7) is 9.20. The molecular formula is C27H34N10O2. The van der Waals surface area contributed by atoms with Crippen molar-refractivity contribution in [2.45, 2.75) is 13.3 Å². The second-order valence-corrected chi connectivity index (χ2v) is 10.2. The fourth-order valence-electron chi connectivity index (χ4n) is 5.28. The summed E-state index contributed by atoms with van der Waals surface area (Å²) in [6, 6.07) is 6.02. The number of rotatable bonds is 4. The number of hydrogen-bond donors (Lipinski definition) is 2. The number of nitrogens with zero attached hydrogens (tertiary/aromatic N) is 8. The third-order valence-electron chi connectivity index (χ3n) is 7.62. The van der Waals surface area contributed by atoms with Crippen molar-refractivity contribution in [3.63, 3.8) is 0 Å². The molecule has 2 amide bonds. The largest absolute Gasteiger partial charge is 0.378 e. The predicted molar refractivity (Wildman–Crippen MR) is 151 cm³/mol. The van der Waals surface area contributed by atoms with Crippen molar-refractivity contribution in [1.29, 1.82) is 0 Å². The molecule has 1 aromatic carbocycles. The molecule has 2 saturated heterocycles. The summed E-state index contributed by atoms with van der Waals surface area (Å²) in [5, 5.41) is 3.12. The fraction of sp³-hybridized carbons (Fsp3) is 0.444. The third-order valence-corrected chi connectivity index (χ3v) is 7.62. The number of benzene rings is 1. The minimum absolute atomic E-state index is 0.202. The zero-order chi connectivity index (χ0) is 26.9. The van der Waals surface area contributed by atoms with Gasteiger partial charge in [0.15, 0.2) is 0 Å². The Bertz CT molecular complexity index is 1350. The summed E-state index contributed by atoms with van der Waals surface area (Å²) in [5.74, 6) is 1.38. The van der Waals surface area contributed by atoms with Gasteiger partial charge in [0.2, 0.25) is 11.9 Å². The van der Waals surface area contributed by atoms with Gasteiger partial charge in [0.25, 0.3) is 0 Å². The molecule has 12 nitrogen and oxygen atoms in total.